The van der Waals surface area contributed by atoms with Crippen LogP contribution < -0.4 is 10.6 Å². The summed E-state index contributed by atoms with van der Waals surface area (Å²) in [6.45, 7) is 10.5. The van der Waals surface area contributed by atoms with Crippen LogP contribution in [0.5, 0.6) is 0 Å². The van der Waals surface area contributed by atoms with E-state index in [2.05, 4.69) is 22.2 Å². The number of hydrogen-bond acceptors (Lipinski definition) is 7. The van der Waals surface area contributed by atoms with Crippen molar-refractivity contribution >= 4 is 23.6 Å². The Hall–Kier alpha value is -4.90. The molecule has 4 aliphatic rings. The van der Waals surface area contributed by atoms with Crippen LogP contribution in [0.2, 0.25) is 0 Å². The lowest BCUT2D eigenvalue weighted by molar-refractivity contribution is -0.186. The van der Waals surface area contributed by atoms with Gasteiger partial charge in [0.25, 0.3) is 0 Å². The Kier molecular flexibility index (Phi) is 11.7. The van der Waals surface area contributed by atoms with Crippen LogP contribution in [0, 0.1) is 0 Å². The number of benzene rings is 1. The number of nitrogens with one attached hydrogen (secondary N) is 2. The van der Waals surface area contributed by atoms with Crippen molar-refractivity contribution in [3.8, 4) is 0 Å². The number of aliphatic hydroxyl groups is 1. The molecule has 2 unspecified atom stereocenters. The highest BCUT2D eigenvalue weighted by molar-refractivity contribution is 6.05. The molecule has 1 aromatic carbocycles. The molecular weight excluding hydrogens is 582 g/mol. The van der Waals surface area contributed by atoms with Crippen molar-refractivity contribution in [1.29, 1.82) is 0 Å². The summed E-state index contributed by atoms with van der Waals surface area (Å²) in [5.74, 6) is -0.323. The third-order valence-corrected chi connectivity index (χ3v) is 8.10. The maximum Gasteiger partial charge on any atom is 0.334 e. The topological polar surface area (TPSA) is 121 Å². The number of amides is 4. The summed E-state index contributed by atoms with van der Waals surface area (Å²) in [7, 11) is 1.71. The standard InChI is InChI=1S/C33H39N7O4.C2H6/c1-4-9-26(31-23(2)34-16-17-35-31)20-38-21-29-39(28(32(38)43)18-24-12-8-13-27(41)15-14-24)30(42)22-37(3)40(29)33(44)36-19-25-10-6-5-7-11-25;1-2/h4-11,13-17,23,28-29,34,41H,1,12,18-22H2,2-3H3,(H,36,44);1-2H3/b26-9-;/t23?,28-,29?;/m0./s1. The van der Waals surface area contributed by atoms with Crippen LogP contribution >= 0.6 is 0 Å². The van der Waals surface area contributed by atoms with E-state index in [4.69, 9.17) is 0 Å². The number of nitrogens with zero attached hydrogens (tertiary/aromatic N) is 5. The molecule has 3 atom stereocenters. The molecule has 1 aromatic rings. The van der Waals surface area contributed by atoms with E-state index in [9.17, 15) is 19.5 Å². The number of aliphatic imine (C=N–C) groups is 1. The highest BCUT2D eigenvalue weighted by atomic mass is 16.3. The third-order valence-electron chi connectivity index (χ3n) is 8.10. The molecule has 11 nitrogen and oxygen atoms in total. The first-order valence-electron chi connectivity index (χ1n) is 15.7. The molecule has 0 aromatic heterocycles. The lowest BCUT2D eigenvalue weighted by Crippen LogP contribution is -2.76. The summed E-state index contributed by atoms with van der Waals surface area (Å²) in [5.41, 5.74) is 3.42. The fourth-order valence-electron chi connectivity index (χ4n) is 5.98. The van der Waals surface area contributed by atoms with Gasteiger partial charge in [-0.2, -0.15) is 0 Å². The molecule has 0 spiro atoms. The zero-order valence-corrected chi connectivity index (χ0v) is 27.1. The number of fused-ring (bicyclic) bond motifs is 1. The molecule has 0 radical (unpaired) electrons. The molecule has 11 heteroatoms. The molecule has 5 rings (SSSR count). The van der Waals surface area contributed by atoms with E-state index in [1.807, 2.05) is 63.3 Å². The lowest BCUT2D eigenvalue weighted by atomic mass is 9.95. The SMILES string of the molecule is C=C/C=C(/CN1CC2N(C(=O)CN(C)N2C(=O)NCc2ccccc2)[C@@H](CC2=CC=C(O)C=CC2)C1=O)C1=NC=CNC1C.CC. The largest absolute Gasteiger partial charge is 0.508 e. The highest BCUT2D eigenvalue weighted by Gasteiger charge is 2.51. The van der Waals surface area contributed by atoms with Gasteiger partial charge in [-0.15, -0.1) is 0 Å². The summed E-state index contributed by atoms with van der Waals surface area (Å²) in [5, 5.41) is 19.4. The fraction of sp³-hybridized carbons (Fsp3) is 0.371. The molecule has 4 amide bonds. The first-order chi connectivity index (χ1) is 22.3. The van der Waals surface area contributed by atoms with Crippen molar-refractivity contribution in [2.45, 2.75) is 58.4 Å². The van der Waals surface area contributed by atoms with Gasteiger partial charge in [-0.1, -0.05) is 80.6 Å². The Morgan fingerprint density at radius 2 is 1.96 bits per heavy atom. The van der Waals surface area contributed by atoms with Crippen molar-refractivity contribution in [3.63, 3.8) is 0 Å². The molecule has 244 valence electrons. The number of aliphatic hydroxyl groups excluding tert-OH is 1. The Morgan fingerprint density at radius 1 is 1.20 bits per heavy atom. The Morgan fingerprint density at radius 3 is 2.67 bits per heavy atom. The van der Waals surface area contributed by atoms with Crippen molar-refractivity contribution in [3.05, 3.63) is 108 Å². The number of allylic oxidation sites excluding steroid dienone is 6. The monoisotopic (exact) mass is 627 g/mol. The number of rotatable bonds is 8. The zero-order valence-electron chi connectivity index (χ0n) is 27.1. The molecular formula is C35H45N7O4. The van der Waals surface area contributed by atoms with Crippen LogP contribution in [0.1, 0.15) is 39.2 Å². The highest BCUT2D eigenvalue weighted by Crippen LogP contribution is 2.31. The molecule has 3 N–H and O–H groups in total. The molecule has 2 saturated heterocycles. The third kappa shape index (κ3) is 7.84. The second kappa shape index (κ2) is 15.9. The van der Waals surface area contributed by atoms with Gasteiger partial charge in [-0.3, -0.25) is 14.6 Å². The Bertz CT molecular complexity index is 1480. The van der Waals surface area contributed by atoms with Gasteiger partial charge in [-0.25, -0.2) is 14.8 Å². The maximum atomic E-state index is 14.3. The van der Waals surface area contributed by atoms with E-state index >= 15 is 0 Å². The number of carbonyl (C=O) groups is 3. The van der Waals surface area contributed by atoms with E-state index in [0.29, 0.717) is 13.0 Å². The van der Waals surface area contributed by atoms with Crippen molar-refractivity contribution < 1.29 is 19.5 Å². The fourth-order valence-corrected chi connectivity index (χ4v) is 5.98. The number of urea groups is 1. The summed E-state index contributed by atoms with van der Waals surface area (Å²) >= 11 is 0. The summed E-state index contributed by atoms with van der Waals surface area (Å²) in [6.07, 6.45) is 13.8. The molecule has 3 heterocycles. The average molecular weight is 628 g/mol. The smallest absolute Gasteiger partial charge is 0.334 e. The normalized spacial score (nSPS) is 23.2. The van der Waals surface area contributed by atoms with Gasteiger partial charge in [0.1, 0.15) is 18.0 Å². The van der Waals surface area contributed by atoms with Crippen LogP contribution in [0.15, 0.2) is 108 Å². The van der Waals surface area contributed by atoms with Gasteiger partial charge in [0.2, 0.25) is 11.8 Å². The van der Waals surface area contributed by atoms with E-state index in [-0.39, 0.29) is 55.7 Å². The predicted octanol–water partition coefficient (Wildman–Crippen LogP) is 4.18. The van der Waals surface area contributed by atoms with Crippen molar-refractivity contribution in [2.24, 2.45) is 4.99 Å². The number of hydrogen-bond donors (Lipinski definition) is 3. The minimum atomic E-state index is -0.846. The number of hydrazine groups is 1. The van der Waals surface area contributed by atoms with Crippen molar-refractivity contribution in [1.82, 2.24) is 30.5 Å². The second-order valence-corrected chi connectivity index (χ2v) is 11.2. The predicted molar refractivity (Wildman–Crippen MR) is 180 cm³/mol. The number of likely N-dealkylation sites (N-methyl/N-ethyl adjacent to an activating group) is 1. The zero-order chi connectivity index (χ0) is 33.2. The minimum Gasteiger partial charge on any atom is -0.508 e. The van der Waals surface area contributed by atoms with Gasteiger partial charge in [0.05, 0.1) is 24.8 Å². The van der Waals surface area contributed by atoms with Crippen molar-refractivity contribution in [2.75, 3.05) is 26.7 Å². The van der Waals surface area contributed by atoms with Gasteiger partial charge in [-0.05, 0) is 43.1 Å². The van der Waals surface area contributed by atoms with E-state index in [1.165, 1.54) is 0 Å². The summed E-state index contributed by atoms with van der Waals surface area (Å²) < 4.78 is 0. The van der Waals surface area contributed by atoms with Gasteiger partial charge in [0.15, 0.2) is 0 Å². The van der Waals surface area contributed by atoms with Crippen LogP contribution in [0.4, 0.5) is 4.79 Å². The summed E-state index contributed by atoms with van der Waals surface area (Å²) in [6, 6.07) is 8.31. The van der Waals surface area contributed by atoms with E-state index in [0.717, 1.165) is 22.4 Å². The molecule has 2 fully saturated rings. The van der Waals surface area contributed by atoms with Gasteiger partial charge in [0, 0.05) is 32.5 Å². The molecule has 0 saturated carbocycles. The summed E-state index contributed by atoms with van der Waals surface area (Å²) in [4.78, 5) is 49.5. The quantitative estimate of drug-likeness (QED) is 0.372. The molecule has 0 bridgehead atoms. The second-order valence-electron chi connectivity index (χ2n) is 11.2. The lowest BCUT2D eigenvalue weighted by Gasteiger charge is -2.54. The Labute approximate surface area is 271 Å². The molecule has 3 aliphatic heterocycles. The van der Waals surface area contributed by atoms with Gasteiger partial charge >= 0.3 is 6.03 Å². The minimum absolute atomic E-state index is 0.0490. The van der Waals surface area contributed by atoms with Gasteiger partial charge < -0.3 is 25.5 Å². The number of carbonyl (C=O) groups excluding carboxylic acids is 3. The first-order valence-corrected chi connectivity index (χ1v) is 15.7. The maximum absolute atomic E-state index is 14.3. The van der Waals surface area contributed by atoms with E-state index in [1.54, 1.807) is 63.6 Å². The van der Waals surface area contributed by atoms with Crippen LogP contribution in [0.25, 0.3) is 0 Å². The average Bonchev–Trinajstić information content (AvgIpc) is 3.26. The van der Waals surface area contributed by atoms with Crippen LogP contribution in [-0.4, -0.2) is 93.4 Å². The van der Waals surface area contributed by atoms with Crippen LogP contribution in [0.3, 0.4) is 0 Å². The first kappa shape index (κ1) is 34.0. The van der Waals surface area contributed by atoms with E-state index < -0.39 is 12.2 Å². The van der Waals surface area contributed by atoms with Crippen LogP contribution in [-0.2, 0) is 16.1 Å². The molecule has 1 aliphatic carbocycles. The molecule has 46 heavy (non-hydrogen) atoms. The Balaban J connectivity index is 0.00000235. The number of piperazine rings is 1.